The number of amides is 2. The number of carbonyl (C=O) groups is 3. The van der Waals surface area contributed by atoms with Crippen molar-refractivity contribution in [1.29, 1.82) is 0 Å². The monoisotopic (exact) mass is 534 g/mol. The quantitative estimate of drug-likeness (QED) is 0.489. The molecule has 212 valence electrons. The Balaban J connectivity index is 1.80. The smallest absolute Gasteiger partial charge is 0.410 e. The molecule has 0 unspecified atom stereocenters. The molecule has 8 nitrogen and oxygen atoms in total. The number of rotatable bonds is 8. The molecule has 0 radical (unpaired) electrons. The van der Waals surface area contributed by atoms with Gasteiger partial charge in [-0.1, -0.05) is 25.1 Å². The van der Waals surface area contributed by atoms with E-state index in [-0.39, 0.29) is 17.9 Å². The molecule has 1 aromatic carbocycles. The van der Waals surface area contributed by atoms with Gasteiger partial charge in [0.05, 0.1) is 18.1 Å². The highest BCUT2D eigenvalue weighted by molar-refractivity contribution is 5.86. The van der Waals surface area contributed by atoms with E-state index < -0.39 is 53.1 Å². The van der Waals surface area contributed by atoms with Crippen LogP contribution in [0.4, 0.5) is 9.18 Å². The number of halogens is 1. The minimum absolute atomic E-state index is 0.0401. The van der Waals surface area contributed by atoms with Crippen LogP contribution in [-0.2, 0) is 30.2 Å². The first-order valence-corrected chi connectivity index (χ1v) is 13.3. The van der Waals surface area contributed by atoms with E-state index in [2.05, 4.69) is 5.32 Å². The molecule has 4 atom stereocenters. The van der Waals surface area contributed by atoms with Crippen LogP contribution in [0.5, 0.6) is 0 Å². The molecule has 2 fully saturated rings. The van der Waals surface area contributed by atoms with Crippen molar-refractivity contribution in [2.75, 3.05) is 13.7 Å². The summed E-state index contributed by atoms with van der Waals surface area (Å²) in [5.41, 5.74) is -1.10. The lowest BCUT2D eigenvalue weighted by Gasteiger charge is -2.35. The van der Waals surface area contributed by atoms with Crippen LogP contribution in [0.3, 0.4) is 0 Å². The van der Waals surface area contributed by atoms with E-state index in [1.165, 1.54) is 13.2 Å². The third kappa shape index (κ3) is 7.68. The van der Waals surface area contributed by atoms with E-state index in [4.69, 9.17) is 14.2 Å². The van der Waals surface area contributed by atoms with E-state index in [1.54, 1.807) is 50.8 Å². The van der Waals surface area contributed by atoms with Gasteiger partial charge < -0.3 is 24.4 Å². The number of methoxy groups -OCH3 is 1. The maximum Gasteiger partial charge on any atom is 0.410 e. The van der Waals surface area contributed by atoms with Crippen molar-refractivity contribution in [3.8, 4) is 0 Å². The Bertz CT molecular complexity index is 1030. The Kier molecular flexibility index (Phi) is 8.81. The van der Waals surface area contributed by atoms with Crippen molar-refractivity contribution in [3.05, 3.63) is 35.6 Å². The largest absolute Gasteiger partial charge is 0.458 e. The molecule has 1 aromatic rings. The van der Waals surface area contributed by atoms with Crippen molar-refractivity contribution in [3.63, 3.8) is 0 Å². The Morgan fingerprint density at radius 3 is 2.21 bits per heavy atom. The highest BCUT2D eigenvalue weighted by atomic mass is 19.1. The summed E-state index contributed by atoms with van der Waals surface area (Å²) in [5.74, 6) is -2.27. The van der Waals surface area contributed by atoms with E-state index in [0.29, 0.717) is 18.5 Å². The molecular weight excluding hydrogens is 491 g/mol. The third-order valence-electron chi connectivity index (χ3n) is 7.08. The number of ether oxygens (including phenoxy) is 3. The highest BCUT2D eigenvalue weighted by Gasteiger charge is 2.57. The van der Waals surface area contributed by atoms with Crippen molar-refractivity contribution in [2.45, 2.75) is 104 Å². The summed E-state index contributed by atoms with van der Waals surface area (Å²) in [6.45, 7) is 12.9. The molecule has 1 spiro atoms. The summed E-state index contributed by atoms with van der Waals surface area (Å²) in [6.07, 6.45) is 1.63. The first-order chi connectivity index (χ1) is 17.5. The van der Waals surface area contributed by atoms with E-state index in [9.17, 15) is 18.8 Å². The molecule has 1 heterocycles. The van der Waals surface area contributed by atoms with Gasteiger partial charge in [-0.25, -0.2) is 14.0 Å². The average molecular weight is 535 g/mol. The lowest BCUT2D eigenvalue weighted by atomic mass is 9.91. The van der Waals surface area contributed by atoms with Gasteiger partial charge in [0.1, 0.15) is 23.1 Å². The lowest BCUT2D eigenvalue weighted by Crippen LogP contribution is -2.53. The minimum Gasteiger partial charge on any atom is -0.458 e. The summed E-state index contributed by atoms with van der Waals surface area (Å²) < 4.78 is 31.4. The summed E-state index contributed by atoms with van der Waals surface area (Å²) >= 11 is 0. The molecule has 1 aliphatic carbocycles. The molecule has 0 aromatic heterocycles. The van der Waals surface area contributed by atoms with E-state index >= 15 is 0 Å². The Hall–Kier alpha value is -2.68. The lowest BCUT2D eigenvalue weighted by molar-refractivity contribution is -0.159. The predicted octanol–water partition coefficient (Wildman–Crippen LogP) is 4.64. The maximum atomic E-state index is 14.4. The zero-order valence-electron chi connectivity index (χ0n) is 23.9. The molecule has 38 heavy (non-hydrogen) atoms. The fourth-order valence-corrected chi connectivity index (χ4v) is 5.05. The summed E-state index contributed by atoms with van der Waals surface area (Å²) in [6, 6.07) is 4.67. The Morgan fingerprint density at radius 2 is 1.68 bits per heavy atom. The van der Waals surface area contributed by atoms with E-state index in [1.807, 2.05) is 20.8 Å². The Labute approximate surface area is 225 Å². The van der Waals surface area contributed by atoms with Gasteiger partial charge in [0, 0.05) is 20.1 Å². The number of likely N-dealkylation sites (tertiary alicyclic amines) is 1. The van der Waals surface area contributed by atoms with Gasteiger partial charge in [0.2, 0.25) is 5.91 Å². The summed E-state index contributed by atoms with van der Waals surface area (Å²) in [5, 5.41) is 2.78. The third-order valence-corrected chi connectivity index (χ3v) is 7.08. The number of hydrogen-bond acceptors (Lipinski definition) is 6. The van der Waals surface area contributed by atoms with Gasteiger partial charge in [-0.15, -0.1) is 0 Å². The number of nitrogens with one attached hydrogen (secondary N) is 1. The molecule has 9 heteroatoms. The molecule has 2 amide bonds. The molecule has 3 rings (SSSR count). The van der Waals surface area contributed by atoms with Gasteiger partial charge in [-0.05, 0) is 77.8 Å². The number of benzene rings is 1. The molecule has 1 saturated heterocycles. The molecular formula is C29H43FN2O6. The van der Waals surface area contributed by atoms with Crippen LogP contribution in [-0.4, -0.2) is 65.9 Å². The van der Waals surface area contributed by atoms with Gasteiger partial charge in [-0.3, -0.25) is 4.79 Å². The van der Waals surface area contributed by atoms with Gasteiger partial charge in [0.25, 0.3) is 0 Å². The molecule has 1 aliphatic heterocycles. The van der Waals surface area contributed by atoms with Crippen LogP contribution in [0.15, 0.2) is 24.3 Å². The van der Waals surface area contributed by atoms with Crippen LogP contribution in [0.25, 0.3) is 0 Å². The second kappa shape index (κ2) is 11.2. The first-order valence-electron chi connectivity index (χ1n) is 13.3. The second-order valence-corrected chi connectivity index (χ2v) is 12.8. The van der Waals surface area contributed by atoms with Crippen LogP contribution < -0.4 is 5.32 Å². The fraction of sp³-hybridized carbons (Fsp3) is 0.690. The van der Waals surface area contributed by atoms with Crippen LogP contribution in [0.1, 0.15) is 73.3 Å². The average Bonchev–Trinajstić information content (AvgIpc) is 3.43. The number of nitrogens with zero attached hydrogens (tertiary/aromatic N) is 1. The van der Waals surface area contributed by atoms with Crippen LogP contribution in [0, 0.1) is 17.2 Å². The zero-order valence-corrected chi connectivity index (χ0v) is 23.9. The zero-order chi connectivity index (χ0) is 28.5. The molecule has 2 aliphatic rings. The number of hydrogen-bond donors (Lipinski definition) is 1. The first kappa shape index (κ1) is 29.9. The van der Waals surface area contributed by atoms with Crippen LogP contribution in [0.2, 0.25) is 0 Å². The summed E-state index contributed by atoms with van der Waals surface area (Å²) in [7, 11) is 1.52. The van der Waals surface area contributed by atoms with Gasteiger partial charge in [0.15, 0.2) is 0 Å². The second-order valence-electron chi connectivity index (χ2n) is 12.8. The van der Waals surface area contributed by atoms with Crippen molar-refractivity contribution >= 4 is 18.0 Å². The minimum atomic E-state index is -1.10. The van der Waals surface area contributed by atoms with Crippen molar-refractivity contribution in [2.24, 2.45) is 11.3 Å². The molecule has 0 bridgehead atoms. The Morgan fingerprint density at radius 1 is 1.08 bits per heavy atom. The summed E-state index contributed by atoms with van der Waals surface area (Å²) in [4.78, 5) is 41.3. The van der Waals surface area contributed by atoms with E-state index in [0.717, 1.165) is 12.8 Å². The maximum absolute atomic E-state index is 14.4. The van der Waals surface area contributed by atoms with Gasteiger partial charge >= 0.3 is 12.1 Å². The number of esters is 1. The SMILES string of the molecule is CO[C@H]([C@@H](C)C(=O)N[C@@H](Cc1ccccc1F)C(=O)OC(C)(C)C)[C@@H]1CC2(CC2)CN1C(=O)OC(C)(C)C. The normalized spacial score (nSPS) is 21.0. The van der Waals surface area contributed by atoms with Crippen molar-refractivity contribution in [1.82, 2.24) is 10.2 Å². The predicted molar refractivity (Wildman–Crippen MR) is 141 cm³/mol. The van der Waals surface area contributed by atoms with Crippen molar-refractivity contribution < 1.29 is 33.0 Å². The van der Waals surface area contributed by atoms with Crippen LogP contribution >= 0.6 is 0 Å². The number of carbonyl (C=O) groups excluding carboxylic acids is 3. The molecule has 1 N–H and O–H groups in total. The highest BCUT2D eigenvalue weighted by Crippen LogP contribution is 2.56. The topological polar surface area (TPSA) is 94.2 Å². The fourth-order valence-electron chi connectivity index (χ4n) is 5.05. The molecule has 1 saturated carbocycles. The standard InChI is InChI=1S/C29H43FN2O6/c1-18(23(36-8)22-16-29(13-14-29)17-32(22)26(35)38-28(5,6)7)24(33)31-21(25(34)37-27(2,3)4)15-19-11-9-10-12-20(19)30/h9-12,18,21-23H,13-17H2,1-8H3,(H,31,33)/t18-,21+,22+,23-/m1/s1. The van der Waals surface area contributed by atoms with Gasteiger partial charge in [-0.2, -0.15) is 0 Å².